The van der Waals surface area contributed by atoms with Crippen molar-refractivity contribution in [1.29, 1.82) is 0 Å². The molecular formula is C26H50O6. The Bertz CT molecular complexity index is 451. The summed E-state index contributed by atoms with van der Waals surface area (Å²) in [5.74, 6) is -2.30. The molecule has 0 bridgehead atoms. The van der Waals surface area contributed by atoms with E-state index in [-0.39, 0.29) is 25.7 Å². The Labute approximate surface area is 195 Å². The van der Waals surface area contributed by atoms with Gasteiger partial charge in [0.2, 0.25) is 0 Å². The van der Waals surface area contributed by atoms with Crippen molar-refractivity contribution in [3.63, 3.8) is 0 Å². The fourth-order valence-electron chi connectivity index (χ4n) is 4.26. The molecule has 32 heavy (non-hydrogen) atoms. The lowest BCUT2D eigenvalue weighted by molar-refractivity contribution is -0.161. The molecule has 6 nitrogen and oxygen atoms in total. The molecule has 0 spiro atoms. The van der Waals surface area contributed by atoms with Gasteiger partial charge >= 0.3 is 11.9 Å². The summed E-state index contributed by atoms with van der Waals surface area (Å²) in [5, 5.41) is 39.9. The molecule has 2 atom stereocenters. The molecule has 4 N–H and O–H groups in total. The Hall–Kier alpha value is -1.14. The Balaban J connectivity index is 4.15. The predicted octanol–water partition coefficient (Wildman–Crippen LogP) is 6.46. The maximum atomic E-state index is 11.5. The van der Waals surface area contributed by atoms with E-state index in [4.69, 9.17) is 0 Å². The van der Waals surface area contributed by atoms with Crippen LogP contribution in [0.5, 0.6) is 0 Å². The average molecular weight is 459 g/mol. The van der Waals surface area contributed by atoms with Crippen LogP contribution in [0, 0.1) is 0 Å². The molecule has 2 unspecified atom stereocenters. The molecule has 0 fully saturated rings. The van der Waals surface area contributed by atoms with E-state index in [1.165, 1.54) is 25.7 Å². The highest BCUT2D eigenvalue weighted by atomic mass is 16.4. The second-order valence-corrected chi connectivity index (χ2v) is 9.62. The first-order valence-electron chi connectivity index (χ1n) is 13.1. The number of aliphatic hydroxyl groups is 2. The number of carboxylic acids is 2. The quantitative estimate of drug-likeness (QED) is 0.131. The van der Waals surface area contributed by atoms with Crippen molar-refractivity contribution in [2.75, 3.05) is 0 Å². The summed E-state index contributed by atoms with van der Waals surface area (Å²) in [6.45, 7) is 4.31. The van der Waals surface area contributed by atoms with Crippen molar-refractivity contribution < 1.29 is 30.0 Å². The van der Waals surface area contributed by atoms with E-state index in [0.717, 1.165) is 64.2 Å². The number of carboxylic acid groups (broad SMARTS) is 2. The normalized spacial score (nSPS) is 15.2. The van der Waals surface area contributed by atoms with Crippen LogP contribution in [0.25, 0.3) is 0 Å². The third kappa shape index (κ3) is 14.1. The molecule has 6 heteroatoms. The van der Waals surface area contributed by atoms with Crippen LogP contribution in [0.15, 0.2) is 0 Å². The van der Waals surface area contributed by atoms with E-state index >= 15 is 0 Å². The number of carbonyl (C=O) groups is 2. The summed E-state index contributed by atoms with van der Waals surface area (Å²) in [7, 11) is 0. The predicted molar refractivity (Wildman–Crippen MR) is 129 cm³/mol. The van der Waals surface area contributed by atoms with Crippen molar-refractivity contribution in [1.82, 2.24) is 0 Å². The van der Waals surface area contributed by atoms with E-state index in [1.54, 1.807) is 0 Å². The smallest absolute Gasteiger partial charge is 0.335 e. The van der Waals surface area contributed by atoms with E-state index in [1.807, 2.05) is 0 Å². The van der Waals surface area contributed by atoms with Gasteiger partial charge in [-0.1, -0.05) is 90.9 Å². The number of hydrogen-bond donors (Lipinski definition) is 4. The number of rotatable bonds is 23. The van der Waals surface area contributed by atoms with Crippen LogP contribution in [-0.2, 0) is 9.59 Å². The van der Waals surface area contributed by atoms with Crippen molar-refractivity contribution in [3.05, 3.63) is 0 Å². The number of unbranched alkanes of at least 4 members (excludes halogenated alkanes) is 13. The summed E-state index contributed by atoms with van der Waals surface area (Å²) >= 11 is 0. The van der Waals surface area contributed by atoms with Crippen LogP contribution < -0.4 is 0 Å². The topological polar surface area (TPSA) is 115 Å². The summed E-state index contributed by atoms with van der Waals surface area (Å²) in [6.07, 6.45) is 16.1. The zero-order valence-corrected chi connectivity index (χ0v) is 20.7. The van der Waals surface area contributed by atoms with Crippen LogP contribution >= 0.6 is 0 Å². The Kier molecular flexibility index (Phi) is 17.7. The molecule has 0 aromatic carbocycles. The standard InChI is InChI=1S/C26H50O6/c1-3-5-7-9-11-15-19-25(31,23(27)28)21-17-13-14-18-22-26(32,24(29)30)20-16-12-10-8-6-4-2/h31-32H,3-22H2,1-2H3,(H,27,28)(H,29,30). The van der Waals surface area contributed by atoms with Gasteiger partial charge in [0.25, 0.3) is 0 Å². The third-order valence-electron chi connectivity index (χ3n) is 6.61. The fraction of sp³-hybridized carbons (Fsp3) is 0.923. The number of hydrogen-bond acceptors (Lipinski definition) is 4. The maximum absolute atomic E-state index is 11.5. The Morgan fingerprint density at radius 3 is 0.906 bits per heavy atom. The maximum Gasteiger partial charge on any atom is 0.335 e. The second-order valence-electron chi connectivity index (χ2n) is 9.62. The van der Waals surface area contributed by atoms with E-state index < -0.39 is 23.1 Å². The minimum absolute atomic E-state index is 0.220. The van der Waals surface area contributed by atoms with Gasteiger partial charge in [0.1, 0.15) is 0 Å². The van der Waals surface area contributed by atoms with E-state index in [9.17, 15) is 30.0 Å². The zero-order chi connectivity index (χ0) is 24.3. The molecule has 0 saturated carbocycles. The second kappa shape index (κ2) is 18.3. The third-order valence-corrected chi connectivity index (χ3v) is 6.61. The van der Waals surface area contributed by atoms with Gasteiger partial charge < -0.3 is 20.4 Å². The van der Waals surface area contributed by atoms with Gasteiger partial charge in [-0.05, 0) is 51.4 Å². The molecule has 0 radical (unpaired) electrons. The first-order valence-corrected chi connectivity index (χ1v) is 13.1. The lowest BCUT2D eigenvalue weighted by Crippen LogP contribution is -2.38. The number of aliphatic carboxylic acids is 2. The van der Waals surface area contributed by atoms with Gasteiger partial charge in [-0.3, -0.25) is 0 Å². The van der Waals surface area contributed by atoms with E-state index in [2.05, 4.69) is 13.8 Å². The van der Waals surface area contributed by atoms with Crippen molar-refractivity contribution >= 4 is 11.9 Å². The lowest BCUT2D eigenvalue weighted by Gasteiger charge is -2.24. The minimum atomic E-state index is -1.66. The first kappa shape index (κ1) is 30.9. The molecule has 0 aromatic heterocycles. The summed E-state index contributed by atoms with van der Waals surface area (Å²) in [5.41, 5.74) is -3.32. The first-order chi connectivity index (χ1) is 15.2. The summed E-state index contributed by atoms with van der Waals surface area (Å²) in [4.78, 5) is 23.1. The van der Waals surface area contributed by atoms with Crippen LogP contribution in [0.1, 0.15) is 142 Å². The molecule has 0 saturated heterocycles. The zero-order valence-electron chi connectivity index (χ0n) is 20.7. The highest BCUT2D eigenvalue weighted by Gasteiger charge is 2.35. The largest absolute Gasteiger partial charge is 0.479 e. The molecule has 0 heterocycles. The van der Waals surface area contributed by atoms with Gasteiger partial charge in [0.15, 0.2) is 11.2 Å². The van der Waals surface area contributed by atoms with Crippen LogP contribution in [0.4, 0.5) is 0 Å². The summed E-state index contributed by atoms with van der Waals surface area (Å²) < 4.78 is 0. The van der Waals surface area contributed by atoms with Crippen molar-refractivity contribution in [2.24, 2.45) is 0 Å². The van der Waals surface area contributed by atoms with Gasteiger partial charge in [0.05, 0.1) is 0 Å². The summed E-state index contributed by atoms with van der Waals surface area (Å²) in [6, 6.07) is 0. The van der Waals surface area contributed by atoms with Crippen LogP contribution in [-0.4, -0.2) is 43.6 Å². The van der Waals surface area contributed by atoms with Crippen LogP contribution in [0.2, 0.25) is 0 Å². The van der Waals surface area contributed by atoms with E-state index in [0.29, 0.717) is 12.8 Å². The highest BCUT2D eigenvalue weighted by Crippen LogP contribution is 2.26. The molecule has 0 aromatic rings. The van der Waals surface area contributed by atoms with Gasteiger partial charge in [-0.25, -0.2) is 9.59 Å². The van der Waals surface area contributed by atoms with Gasteiger partial charge in [0, 0.05) is 0 Å². The SMILES string of the molecule is CCCCCCCCC(O)(CCCCCCC(O)(CCCCCCCC)C(=O)O)C(=O)O. The molecule has 0 aliphatic carbocycles. The minimum Gasteiger partial charge on any atom is -0.479 e. The van der Waals surface area contributed by atoms with Gasteiger partial charge in [-0.15, -0.1) is 0 Å². The molecule has 190 valence electrons. The van der Waals surface area contributed by atoms with Crippen molar-refractivity contribution in [2.45, 2.75) is 153 Å². The molecule has 0 amide bonds. The van der Waals surface area contributed by atoms with Crippen molar-refractivity contribution in [3.8, 4) is 0 Å². The Morgan fingerprint density at radius 2 is 0.688 bits per heavy atom. The average Bonchev–Trinajstić information content (AvgIpc) is 2.75. The Morgan fingerprint density at radius 1 is 0.469 bits per heavy atom. The fourth-order valence-corrected chi connectivity index (χ4v) is 4.26. The molecular weight excluding hydrogens is 408 g/mol. The molecule has 0 aliphatic rings. The monoisotopic (exact) mass is 458 g/mol. The van der Waals surface area contributed by atoms with Crippen LogP contribution in [0.3, 0.4) is 0 Å². The lowest BCUT2D eigenvalue weighted by atomic mass is 9.88. The molecule has 0 aliphatic heterocycles. The highest BCUT2D eigenvalue weighted by molar-refractivity contribution is 5.77. The molecule has 0 rings (SSSR count). The van der Waals surface area contributed by atoms with Gasteiger partial charge in [-0.2, -0.15) is 0 Å².